The van der Waals surface area contributed by atoms with Gasteiger partial charge in [0.05, 0.1) is 5.71 Å². The molecular weight excluding hydrogens is 360 g/mol. The van der Waals surface area contributed by atoms with Gasteiger partial charge in [-0.2, -0.15) is 0 Å². The van der Waals surface area contributed by atoms with Gasteiger partial charge in [-0.05, 0) is 87.0 Å². The summed E-state index contributed by atoms with van der Waals surface area (Å²) in [6.07, 6.45) is 10.2. The SMILES string of the molecule is C=C1CC2CC(=NOC3CCNC3)CC[C@]2(CO)C2CC[C@]3(C)C(=C)CCC3C12. The molecule has 0 aromatic rings. The second-order valence-electron chi connectivity index (χ2n) is 10.9. The molecule has 0 radical (unpaired) electrons. The lowest BCUT2D eigenvalue weighted by Gasteiger charge is -2.61. The van der Waals surface area contributed by atoms with Gasteiger partial charge in [0.1, 0.15) is 6.10 Å². The van der Waals surface area contributed by atoms with E-state index >= 15 is 0 Å². The molecule has 29 heavy (non-hydrogen) atoms. The molecule has 2 N–H and O–H groups in total. The molecule has 0 amide bonds. The number of allylic oxidation sites excluding steroid dienone is 2. The van der Waals surface area contributed by atoms with Crippen LogP contribution in [0.2, 0.25) is 0 Å². The molecule has 0 aromatic carbocycles. The number of fused-ring (bicyclic) bond motifs is 5. The van der Waals surface area contributed by atoms with Gasteiger partial charge in [0, 0.05) is 25.0 Å². The highest BCUT2D eigenvalue weighted by molar-refractivity contribution is 5.85. The number of hydrogen-bond acceptors (Lipinski definition) is 4. The van der Waals surface area contributed by atoms with Crippen molar-refractivity contribution >= 4 is 5.71 Å². The van der Waals surface area contributed by atoms with E-state index in [4.69, 9.17) is 4.84 Å². The Balaban J connectivity index is 1.38. The van der Waals surface area contributed by atoms with Crippen molar-refractivity contribution < 1.29 is 9.94 Å². The van der Waals surface area contributed by atoms with Crippen molar-refractivity contribution in [1.29, 1.82) is 0 Å². The minimum absolute atomic E-state index is 0.0467. The Hall–Kier alpha value is -1.13. The fraction of sp³-hybridized carbons (Fsp3) is 0.800. The Morgan fingerprint density at radius 2 is 2.00 bits per heavy atom. The number of nitrogens with zero attached hydrogens (tertiary/aromatic N) is 1. The first-order valence-electron chi connectivity index (χ1n) is 11.9. The molecule has 5 fully saturated rings. The van der Waals surface area contributed by atoms with E-state index in [0.717, 1.165) is 45.2 Å². The molecule has 0 bridgehead atoms. The number of nitrogens with one attached hydrogen (secondary N) is 1. The van der Waals surface area contributed by atoms with Crippen molar-refractivity contribution in [3.63, 3.8) is 0 Å². The van der Waals surface area contributed by atoms with Gasteiger partial charge in [-0.15, -0.1) is 0 Å². The van der Waals surface area contributed by atoms with Crippen molar-refractivity contribution in [3.05, 3.63) is 24.3 Å². The van der Waals surface area contributed by atoms with Gasteiger partial charge in [0.2, 0.25) is 0 Å². The summed E-state index contributed by atoms with van der Waals surface area (Å²) in [6.45, 7) is 13.8. The summed E-state index contributed by atoms with van der Waals surface area (Å²) in [5, 5.41) is 18.6. The molecule has 4 saturated carbocycles. The molecule has 1 aliphatic heterocycles. The molecule has 160 valence electrons. The average Bonchev–Trinajstić information content (AvgIpc) is 3.34. The van der Waals surface area contributed by atoms with Crippen LogP contribution in [0.1, 0.15) is 64.7 Å². The summed E-state index contributed by atoms with van der Waals surface area (Å²) in [5.74, 6) is 2.28. The first-order chi connectivity index (χ1) is 14.0. The molecule has 4 heteroatoms. The Labute approximate surface area is 175 Å². The number of rotatable bonds is 3. The summed E-state index contributed by atoms with van der Waals surface area (Å²) in [6, 6.07) is 0. The van der Waals surface area contributed by atoms with Gasteiger partial charge in [-0.25, -0.2) is 0 Å². The third-order valence-corrected chi connectivity index (χ3v) is 9.76. The lowest BCUT2D eigenvalue weighted by molar-refractivity contribution is -0.0964. The molecule has 4 aliphatic carbocycles. The van der Waals surface area contributed by atoms with Gasteiger partial charge >= 0.3 is 0 Å². The highest BCUT2D eigenvalue weighted by atomic mass is 16.6. The summed E-state index contributed by atoms with van der Waals surface area (Å²) >= 11 is 0. The second kappa shape index (κ2) is 7.23. The molecule has 4 nitrogen and oxygen atoms in total. The van der Waals surface area contributed by atoms with Crippen LogP contribution in [0.15, 0.2) is 29.5 Å². The fourth-order valence-corrected chi connectivity index (χ4v) is 7.93. The molecule has 7 atom stereocenters. The van der Waals surface area contributed by atoms with Gasteiger partial charge in [-0.3, -0.25) is 0 Å². The van der Waals surface area contributed by atoms with E-state index in [1.165, 1.54) is 42.5 Å². The minimum Gasteiger partial charge on any atom is -0.396 e. The molecule has 5 aliphatic rings. The Bertz CT molecular complexity index is 724. The number of aliphatic hydroxyl groups is 1. The lowest BCUT2D eigenvalue weighted by Crippen LogP contribution is -2.56. The van der Waals surface area contributed by atoms with Crippen LogP contribution < -0.4 is 5.32 Å². The number of oxime groups is 1. The topological polar surface area (TPSA) is 53.8 Å². The third kappa shape index (κ3) is 2.96. The molecule has 1 heterocycles. The van der Waals surface area contributed by atoms with Crippen molar-refractivity contribution in [1.82, 2.24) is 5.32 Å². The Morgan fingerprint density at radius 1 is 1.14 bits per heavy atom. The van der Waals surface area contributed by atoms with E-state index in [-0.39, 0.29) is 16.9 Å². The predicted molar refractivity (Wildman–Crippen MR) is 117 cm³/mol. The average molecular weight is 399 g/mol. The largest absolute Gasteiger partial charge is 0.396 e. The minimum atomic E-state index is 0.0467. The molecule has 5 unspecified atom stereocenters. The standard InChI is InChI=1S/C25H38N2O2/c1-16-12-18-13-19(27-29-20-8-11-26-14-20)6-10-25(18,15-28)22-7-9-24(3)17(2)4-5-21(24)23(16)22/h18,20-23,26,28H,1-2,4-15H2,3H3/t18?,20?,21?,22?,23?,24-,25-/m1/s1. The fourth-order valence-electron chi connectivity index (χ4n) is 7.93. The zero-order valence-corrected chi connectivity index (χ0v) is 18.1. The molecule has 1 saturated heterocycles. The smallest absolute Gasteiger partial charge is 0.141 e. The van der Waals surface area contributed by atoms with Gasteiger partial charge in [-0.1, -0.05) is 36.4 Å². The maximum absolute atomic E-state index is 10.7. The van der Waals surface area contributed by atoms with Crippen LogP contribution in [-0.4, -0.2) is 36.6 Å². The van der Waals surface area contributed by atoms with Crippen molar-refractivity contribution in [2.75, 3.05) is 19.7 Å². The highest BCUT2D eigenvalue weighted by Gasteiger charge is 2.61. The van der Waals surface area contributed by atoms with Crippen molar-refractivity contribution in [3.8, 4) is 0 Å². The van der Waals surface area contributed by atoms with E-state index in [1.54, 1.807) is 0 Å². The van der Waals surface area contributed by atoms with Gasteiger partial charge in [0.15, 0.2) is 0 Å². The Kier molecular flexibility index (Phi) is 4.94. The predicted octanol–water partition coefficient (Wildman–Crippen LogP) is 4.46. The van der Waals surface area contributed by atoms with Crippen LogP contribution >= 0.6 is 0 Å². The molecule has 5 rings (SSSR count). The van der Waals surface area contributed by atoms with E-state index in [1.807, 2.05) is 0 Å². The summed E-state index contributed by atoms with van der Waals surface area (Å²) in [5.41, 5.74) is 4.44. The van der Waals surface area contributed by atoms with Crippen LogP contribution in [-0.2, 0) is 4.84 Å². The normalized spacial score (nSPS) is 48.3. The molecule has 0 spiro atoms. The van der Waals surface area contributed by atoms with Crippen LogP contribution in [0.3, 0.4) is 0 Å². The lowest BCUT2D eigenvalue weighted by atomic mass is 9.44. The summed E-state index contributed by atoms with van der Waals surface area (Å²) in [4.78, 5) is 5.83. The van der Waals surface area contributed by atoms with Crippen molar-refractivity contribution in [2.45, 2.75) is 70.8 Å². The zero-order chi connectivity index (χ0) is 20.2. The first kappa shape index (κ1) is 19.8. The van der Waals surface area contributed by atoms with Crippen molar-refractivity contribution in [2.24, 2.45) is 39.7 Å². The van der Waals surface area contributed by atoms with Crippen LogP contribution in [0.25, 0.3) is 0 Å². The first-order valence-corrected chi connectivity index (χ1v) is 11.9. The monoisotopic (exact) mass is 398 g/mol. The maximum Gasteiger partial charge on any atom is 0.141 e. The number of hydrogen-bond donors (Lipinski definition) is 2. The van der Waals surface area contributed by atoms with Crippen LogP contribution in [0.5, 0.6) is 0 Å². The summed E-state index contributed by atoms with van der Waals surface area (Å²) < 4.78 is 0. The van der Waals surface area contributed by atoms with E-state index < -0.39 is 0 Å². The molecular formula is C25H38N2O2. The second-order valence-corrected chi connectivity index (χ2v) is 10.9. The zero-order valence-electron chi connectivity index (χ0n) is 18.1. The van der Waals surface area contributed by atoms with Gasteiger partial charge < -0.3 is 15.3 Å². The molecule has 0 aromatic heterocycles. The summed E-state index contributed by atoms with van der Waals surface area (Å²) in [7, 11) is 0. The maximum atomic E-state index is 10.7. The third-order valence-electron chi connectivity index (χ3n) is 9.76. The van der Waals surface area contributed by atoms with Crippen LogP contribution in [0, 0.1) is 34.5 Å². The number of aliphatic hydroxyl groups excluding tert-OH is 1. The van der Waals surface area contributed by atoms with Crippen LogP contribution in [0.4, 0.5) is 0 Å². The van der Waals surface area contributed by atoms with E-state index in [2.05, 4.69) is 30.6 Å². The highest BCUT2D eigenvalue weighted by Crippen LogP contribution is 2.67. The van der Waals surface area contributed by atoms with E-state index in [0.29, 0.717) is 30.3 Å². The van der Waals surface area contributed by atoms with Gasteiger partial charge in [0.25, 0.3) is 0 Å². The quantitative estimate of drug-likeness (QED) is 0.545. The Morgan fingerprint density at radius 3 is 2.76 bits per heavy atom. The van der Waals surface area contributed by atoms with E-state index in [9.17, 15) is 5.11 Å².